The van der Waals surface area contributed by atoms with Crippen molar-refractivity contribution in [3.8, 4) is 0 Å². The Kier molecular flexibility index (Phi) is 2.03. The van der Waals surface area contributed by atoms with Gasteiger partial charge in [0.2, 0.25) is 0 Å². The van der Waals surface area contributed by atoms with Gasteiger partial charge in [0.15, 0.2) is 0 Å². The monoisotopic (exact) mass is 217 g/mol. The molecule has 2 aliphatic carbocycles. The number of pyridine rings is 1. The molecule has 1 fully saturated rings. The van der Waals surface area contributed by atoms with Crippen molar-refractivity contribution in [1.29, 1.82) is 0 Å². The van der Waals surface area contributed by atoms with Gasteiger partial charge in [0.25, 0.3) is 0 Å². The topological polar surface area (TPSA) is 50.2 Å². The van der Waals surface area contributed by atoms with E-state index in [1.54, 1.807) is 6.07 Å². The summed E-state index contributed by atoms with van der Waals surface area (Å²) in [6, 6.07) is 1.80. The van der Waals surface area contributed by atoms with Crippen LogP contribution < -0.4 is 0 Å². The molecule has 0 atom stereocenters. The molecule has 0 aliphatic heterocycles. The summed E-state index contributed by atoms with van der Waals surface area (Å²) in [5.41, 5.74) is 3.13. The lowest BCUT2D eigenvalue weighted by atomic mass is 9.60. The number of carbonyl (C=O) groups is 1. The van der Waals surface area contributed by atoms with Crippen molar-refractivity contribution < 1.29 is 9.90 Å². The fraction of sp³-hybridized carbons (Fsp3) is 0.538. The maximum atomic E-state index is 10.8. The normalized spacial score (nSPS) is 21.2. The van der Waals surface area contributed by atoms with Crippen molar-refractivity contribution in [2.45, 2.75) is 38.5 Å². The zero-order valence-electron chi connectivity index (χ0n) is 9.20. The molecule has 1 saturated carbocycles. The van der Waals surface area contributed by atoms with E-state index in [0.29, 0.717) is 11.0 Å². The second kappa shape index (κ2) is 3.30. The van der Waals surface area contributed by atoms with E-state index in [9.17, 15) is 4.79 Å². The average molecular weight is 217 g/mol. The Balaban J connectivity index is 1.92. The first kappa shape index (κ1) is 9.82. The van der Waals surface area contributed by atoms with Crippen LogP contribution in [0.1, 0.15) is 47.3 Å². The Morgan fingerprint density at radius 2 is 2.19 bits per heavy atom. The highest BCUT2D eigenvalue weighted by atomic mass is 16.4. The Morgan fingerprint density at radius 1 is 1.38 bits per heavy atom. The van der Waals surface area contributed by atoms with E-state index in [1.807, 2.05) is 0 Å². The van der Waals surface area contributed by atoms with E-state index in [0.717, 1.165) is 24.1 Å². The highest BCUT2D eigenvalue weighted by Crippen LogP contribution is 2.49. The first-order valence-electron chi connectivity index (χ1n) is 5.90. The summed E-state index contributed by atoms with van der Waals surface area (Å²) < 4.78 is 0. The molecule has 3 rings (SSSR count). The summed E-state index contributed by atoms with van der Waals surface area (Å²) in [5.74, 6) is -0.876. The number of fused-ring (bicyclic) bond motifs is 1. The lowest BCUT2D eigenvalue weighted by Gasteiger charge is -2.45. The van der Waals surface area contributed by atoms with E-state index in [1.165, 1.54) is 31.9 Å². The third kappa shape index (κ3) is 1.42. The van der Waals surface area contributed by atoms with Crippen LogP contribution in [0.25, 0.3) is 0 Å². The molecule has 16 heavy (non-hydrogen) atoms. The minimum atomic E-state index is -0.876. The Labute approximate surface area is 94.5 Å². The molecule has 1 heterocycles. The third-order valence-corrected chi connectivity index (χ3v) is 4.19. The molecule has 0 unspecified atom stereocenters. The predicted octanol–water partition coefficient (Wildman–Crippen LogP) is 2.44. The molecular formula is C13H15NO2. The molecule has 0 amide bonds. The van der Waals surface area contributed by atoms with Gasteiger partial charge in [0.05, 0.1) is 5.56 Å². The van der Waals surface area contributed by atoms with Gasteiger partial charge >= 0.3 is 5.97 Å². The SMILES string of the molecule is O=C(O)c1cnc2c(c1)CCC1(CCC1)C2. The summed E-state index contributed by atoms with van der Waals surface area (Å²) >= 11 is 0. The van der Waals surface area contributed by atoms with Crippen molar-refractivity contribution in [2.24, 2.45) is 5.41 Å². The second-order valence-corrected chi connectivity index (χ2v) is 5.17. The number of carboxylic acids is 1. The number of nitrogens with zero attached hydrogens (tertiary/aromatic N) is 1. The van der Waals surface area contributed by atoms with E-state index in [-0.39, 0.29) is 0 Å². The van der Waals surface area contributed by atoms with Crippen molar-refractivity contribution in [2.75, 3.05) is 0 Å². The Morgan fingerprint density at radius 3 is 2.81 bits per heavy atom. The molecule has 0 saturated heterocycles. The third-order valence-electron chi connectivity index (χ3n) is 4.19. The van der Waals surface area contributed by atoms with Crippen LogP contribution in [0.2, 0.25) is 0 Å². The number of aromatic nitrogens is 1. The Bertz CT molecular complexity index is 449. The van der Waals surface area contributed by atoms with Crippen LogP contribution in [0.3, 0.4) is 0 Å². The minimum absolute atomic E-state index is 0.323. The number of aryl methyl sites for hydroxylation is 1. The molecule has 0 aromatic carbocycles. The van der Waals surface area contributed by atoms with E-state index in [2.05, 4.69) is 4.98 Å². The molecular weight excluding hydrogens is 202 g/mol. The fourth-order valence-electron chi connectivity index (χ4n) is 2.98. The molecule has 1 aromatic heterocycles. The average Bonchev–Trinajstić information content (AvgIpc) is 2.25. The van der Waals surface area contributed by atoms with Gasteiger partial charge < -0.3 is 5.11 Å². The van der Waals surface area contributed by atoms with Crippen LogP contribution in [-0.4, -0.2) is 16.1 Å². The van der Waals surface area contributed by atoms with Gasteiger partial charge in [-0.1, -0.05) is 6.42 Å². The quantitative estimate of drug-likeness (QED) is 0.786. The molecule has 3 heteroatoms. The standard InChI is InChI=1S/C13H15NO2/c15-12(16)10-6-9-2-5-13(3-1-4-13)7-11(9)14-8-10/h6,8H,1-5,7H2,(H,15,16). The highest BCUT2D eigenvalue weighted by Gasteiger charge is 2.40. The van der Waals surface area contributed by atoms with Crippen LogP contribution in [0, 0.1) is 5.41 Å². The van der Waals surface area contributed by atoms with Crippen LogP contribution in [0.15, 0.2) is 12.3 Å². The van der Waals surface area contributed by atoms with E-state index >= 15 is 0 Å². The van der Waals surface area contributed by atoms with Crippen molar-refractivity contribution in [3.05, 3.63) is 29.1 Å². The first-order valence-corrected chi connectivity index (χ1v) is 5.90. The van der Waals surface area contributed by atoms with Crippen LogP contribution in [0.5, 0.6) is 0 Å². The summed E-state index contributed by atoms with van der Waals surface area (Å²) in [6.07, 6.45) is 8.78. The summed E-state index contributed by atoms with van der Waals surface area (Å²) in [5, 5.41) is 8.91. The maximum absolute atomic E-state index is 10.8. The molecule has 2 aliphatic rings. The molecule has 84 valence electrons. The zero-order chi connectivity index (χ0) is 11.2. The van der Waals surface area contributed by atoms with Gasteiger partial charge in [-0.2, -0.15) is 0 Å². The van der Waals surface area contributed by atoms with Gasteiger partial charge in [0.1, 0.15) is 0 Å². The van der Waals surface area contributed by atoms with Gasteiger partial charge in [-0.05, 0) is 49.1 Å². The highest BCUT2D eigenvalue weighted by molar-refractivity contribution is 5.87. The predicted molar refractivity (Wildman–Crippen MR) is 59.5 cm³/mol. The number of hydrogen-bond donors (Lipinski definition) is 1. The Hall–Kier alpha value is -1.38. The first-order chi connectivity index (χ1) is 7.69. The summed E-state index contributed by atoms with van der Waals surface area (Å²) in [7, 11) is 0. The molecule has 0 bridgehead atoms. The maximum Gasteiger partial charge on any atom is 0.337 e. The second-order valence-electron chi connectivity index (χ2n) is 5.17. The number of rotatable bonds is 1. The zero-order valence-corrected chi connectivity index (χ0v) is 9.20. The van der Waals surface area contributed by atoms with E-state index < -0.39 is 5.97 Å². The van der Waals surface area contributed by atoms with Crippen molar-refractivity contribution in [3.63, 3.8) is 0 Å². The van der Waals surface area contributed by atoms with Gasteiger partial charge in [-0.3, -0.25) is 4.98 Å². The molecule has 1 N–H and O–H groups in total. The minimum Gasteiger partial charge on any atom is -0.478 e. The summed E-state index contributed by atoms with van der Waals surface area (Å²) in [4.78, 5) is 15.2. The summed E-state index contributed by atoms with van der Waals surface area (Å²) in [6.45, 7) is 0. The molecule has 1 spiro atoms. The largest absolute Gasteiger partial charge is 0.478 e. The lowest BCUT2D eigenvalue weighted by molar-refractivity contribution is 0.0695. The van der Waals surface area contributed by atoms with Crippen LogP contribution >= 0.6 is 0 Å². The molecule has 1 aromatic rings. The van der Waals surface area contributed by atoms with Crippen LogP contribution in [0.4, 0.5) is 0 Å². The van der Waals surface area contributed by atoms with E-state index in [4.69, 9.17) is 5.11 Å². The molecule has 3 nitrogen and oxygen atoms in total. The van der Waals surface area contributed by atoms with Gasteiger partial charge in [-0.25, -0.2) is 4.79 Å². The van der Waals surface area contributed by atoms with Crippen LogP contribution in [-0.2, 0) is 12.8 Å². The number of hydrogen-bond acceptors (Lipinski definition) is 2. The number of carboxylic acid groups (broad SMARTS) is 1. The fourth-order valence-corrected chi connectivity index (χ4v) is 2.98. The van der Waals surface area contributed by atoms with Gasteiger partial charge in [-0.15, -0.1) is 0 Å². The smallest absolute Gasteiger partial charge is 0.337 e. The van der Waals surface area contributed by atoms with Gasteiger partial charge in [0, 0.05) is 11.9 Å². The van der Waals surface area contributed by atoms with Crippen molar-refractivity contribution in [1.82, 2.24) is 4.98 Å². The molecule has 0 radical (unpaired) electrons. The lowest BCUT2D eigenvalue weighted by Crippen LogP contribution is -2.36. The number of aromatic carboxylic acids is 1. The van der Waals surface area contributed by atoms with Crippen molar-refractivity contribution >= 4 is 5.97 Å².